The van der Waals surface area contributed by atoms with E-state index in [-0.39, 0.29) is 0 Å². The quantitative estimate of drug-likeness (QED) is 0.557. The van der Waals surface area contributed by atoms with Gasteiger partial charge < -0.3 is 0 Å². The third kappa shape index (κ3) is 0.990. The Bertz CT molecular complexity index is 613. The van der Waals surface area contributed by atoms with Crippen LogP contribution in [0.25, 0.3) is 16.7 Å². The van der Waals surface area contributed by atoms with E-state index in [2.05, 4.69) is 31.4 Å². The molecule has 0 atom stereocenters. The van der Waals surface area contributed by atoms with Crippen molar-refractivity contribution in [2.75, 3.05) is 0 Å². The zero-order valence-electron chi connectivity index (χ0n) is 7.31. The predicted octanol–water partition coefficient (Wildman–Crippen LogP) is 3.25. The topological polar surface area (TPSA) is 17.3 Å². The monoisotopic (exact) mass is 246 g/mol. The molecule has 0 aliphatic heterocycles. The van der Waals surface area contributed by atoms with E-state index in [1.165, 1.54) is 0 Å². The fourth-order valence-corrected chi connectivity index (χ4v) is 2.19. The Labute approximate surface area is 89.3 Å². The van der Waals surface area contributed by atoms with Crippen molar-refractivity contribution in [3.05, 3.63) is 47.1 Å². The van der Waals surface area contributed by atoms with Crippen LogP contribution in [0.2, 0.25) is 0 Å². The van der Waals surface area contributed by atoms with Gasteiger partial charge in [0, 0.05) is 0 Å². The first-order chi connectivity index (χ1) is 6.86. The number of fused-ring (bicyclic) bond motifs is 3. The number of hydrogen-bond acceptors (Lipinski definition) is 1. The van der Waals surface area contributed by atoms with Gasteiger partial charge in [-0.05, 0) is 40.2 Å². The Kier molecular flexibility index (Phi) is 1.61. The van der Waals surface area contributed by atoms with Crippen LogP contribution in [-0.4, -0.2) is 9.38 Å². The van der Waals surface area contributed by atoms with Crippen LogP contribution in [0.4, 0.5) is 0 Å². The summed E-state index contributed by atoms with van der Waals surface area (Å²) >= 11 is 3.52. The van der Waals surface area contributed by atoms with E-state index < -0.39 is 0 Å². The third-order valence-corrected chi connectivity index (χ3v) is 2.90. The first kappa shape index (κ1) is 8.00. The molecule has 0 unspecified atom stereocenters. The van der Waals surface area contributed by atoms with E-state index in [4.69, 9.17) is 0 Å². The van der Waals surface area contributed by atoms with Gasteiger partial charge in [0.15, 0.2) is 0 Å². The predicted molar refractivity (Wildman–Crippen MR) is 60.4 cm³/mol. The molecule has 14 heavy (non-hydrogen) atoms. The lowest BCUT2D eigenvalue weighted by atomic mass is 10.3. The second-order valence-electron chi connectivity index (χ2n) is 3.14. The van der Waals surface area contributed by atoms with Crippen molar-refractivity contribution < 1.29 is 0 Å². The summed E-state index contributed by atoms with van der Waals surface area (Å²) in [6.07, 6.45) is 0. The Hall–Kier alpha value is -1.35. The highest BCUT2D eigenvalue weighted by atomic mass is 79.9. The average Bonchev–Trinajstić information content (AvgIpc) is 2.57. The molecule has 0 aliphatic rings. The van der Waals surface area contributed by atoms with Gasteiger partial charge in [-0.15, -0.1) is 0 Å². The van der Waals surface area contributed by atoms with Crippen molar-refractivity contribution in [2.45, 2.75) is 0 Å². The fraction of sp³-hybridized carbons (Fsp3) is 0. The number of nitrogens with zero attached hydrogens (tertiary/aromatic N) is 2. The summed E-state index contributed by atoms with van der Waals surface area (Å²) in [6.45, 7) is 0. The maximum atomic E-state index is 4.51. The smallest absolute Gasteiger partial charge is 0.138 e. The number of benzene rings is 1. The van der Waals surface area contributed by atoms with Crippen LogP contribution in [0, 0.1) is 0 Å². The summed E-state index contributed by atoms with van der Waals surface area (Å²) in [5.74, 6) is 0. The number of pyridine rings is 1. The summed E-state index contributed by atoms with van der Waals surface area (Å²) in [6, 6.07) is 14.1. The minimum atomic E-state index is 0.973. The van der Waals surface area contributed by atoms with Crippen LogP contribution in [-0.2, 0) is 0 Å². The molecule has 68 valence electrons. The van der Waals surface area contributed by atoms with Gasteiger partial charge in [0.1, 0.15) is 5.65 Å². The van der Waals surface area contributed by atoms with E-state index in [0.29, 0.717) is 0 Å². The Balaban J connectivity index is 2.65. The zero-order valence-corrected chi connectivity index (χ0v) is 8.90. The number of hydrogen-bond donors (Lipinski definition) is 0. The molecule has 2 nitrogen and oxygen atoms in total. The highest BCUT2D eigenvalue weighted by molar-refractivity contribution is 9.10. The molecule has 3 rings (SSSR count). The van der Waals surface area contributed by atoms with Crippen LogP contribution in [0.15, 0.2) is 47.1 Å². The largest absolute Gasteiger partial charge is 0.286 e. The van der Waals surface area contributed by atoms with Gasteiger partial charge in [0.05, 0.1) is 15.6 Å². The molecular weight excluding hydrogens is 240 g/mol. The highest BCUT2D eigenvalue weighted by Crippen LogP contribution is 2.20. The minimum absolute atomic E-state index is 0.973. The van der Waals surface area contributed by atoms with E-state index in [1.807, 2.05) is 36.4 Å². The summed E-state index contributed by atoms with van der Waals surface area (Å²) < 4.78 is 3.12. The van der Waals surface area contributed by atoms with Crippen LogP contribution < -0.4 is 0 Å². The maximum Gasteiger partial charge on any atom is 0.138 e. The molecule has 0 radical (unpaired) electrons. The number of rotatable bonds is 0. The molecule has 0 saturated carbocycles. The van der Waals surface area contributed by atoms with Crippen molar-refractivity contribution in [2.24, 2.45) is 0 Å². The van der Waals surface area contributed by atoms with Gasteiger partial charge >= 0.3 is 0 Å². The summed E-state index contributed by atoms with van der Waals surface area (Å²) in [7, 11) is 0. The number of aromatic nitrogens is 2. The van der Waals surface area contributed by atoms with E-state index in [0.717, 1.165) is 21.3 Å². The first-order valence-electron chi connectivity index (χ1n) is 4.38. The Morgan fingerprint density at radius 1 is 1.00 bits per heavy atom. The Morgan fingerprint density at radius 2 is 1.86 bits per heavy atom. The second kappa shape index (κ2) is 2.82. The van der Waals surface area contributed by atoms with E-state index in [9.17, 15) is 0 Å². The van der Waals surface area contributed by atoms with Crippen molar-refractivity contribution in [1.82, 2.24) is 9.38 Å². The SMILES string of the molecule is Brc1cccc2nc3ccccc3n12. The number of para-hydroxylation sites is 2. The van der Waals surface area contributed by atoms with Crippen LogP contribution in [0.3, 0.4) is 0 Å². The van der Waals surface area contributed by atoms with Crippen molar-refractivity contribution >= 4 is 32.6 Å². The fourth-order valence-electron chi connectivity index (χ4n) is 1.67. The molecule has 2 heterocycles. The summed E-state index contributed by atoms with van der Waals surface area (Å²) in [4.78, 5) is 4.51. The van der Waals surface area contributed by atoms with Crippen LogP contribution >= 0.6 is 15.9 Å². The number of halogens is 1. The lowest BCUT2D eigenvalue weighted by Crippen LogP contribution is -1.85. The van der Waals surface area contributed by atoms with Crippen LogP contribution in [0.1, 0.15) is 0 Å². The lowest BCUT2D eigenvalue weighted by Gasteiger charge is -1.97. The lowest BCUT2D eigenvalue weighted by molar-refractivity contribution is 1.18. The molecule has 0 saturated heterocycles. The van der Waals surface area contributed by atoms with E-state index in [1.54, 1.807) is 0 Å². The molecule has 0 amide bonds. The average molecular weight is 247 g/mol. The number of imidazole rings is 1. The summed E-state index contributed by atoms with van der Waals surface area (Å²) in [5, 5.41) is 0. The highest BCUT2D eigenvalue weighted by Gasteiger charge is 2.04. The summed E-state index contributed by atoms with van der Waals surface area (Å²) in [5.41, 5.74) is 3.13. The molecule has 3 heteroatoms. The molecule has 3 aromatic rings. The van der Waals surface area contributed by atoms with Gasteiger partial charge in [0.2, 0.25) is 0 Å². The molecule has 0 N–H and O–H groups in total. The molecule has 2 aromatic heterocycles. The normalized spacial score (nSPS) is 11.2. The van der Waals surface area contributed by atoms with Gasteiger partial charge in [-0.25, -0.2) is 4.98 Å². The maximum absolute atomic E-state index is 4.51. The standard InChI is InChI=1S/C11H7BrN2/c12-10-6-3-7-11-13-8-4-1-2-5-9(8)14(10)11/h1-7H. The van der Waals surface area contributed by atoms with Gasteiger partial charge in [-0.2, -0.15) is 0 Å². The van der Waals surface area contributed by atoms with Gasteiger partial charge in [0.25, 0.3) is 0 Å². The molecule has 0 spiro atoms. The molecular formula is C11H7BrN2. The van der Waals surface area contributed by atoms with Gasteiger partial charge in [-0.1, -0.05) is 18.2 Å². The van der Waals surface area contributed by atoms with Crippen molar-refractivity contribution in [3.8, 4) is 0 Å². The van der Waals surface area contributed by atoms with Crippen LogP contribution in [0.5, 0.6) is 0 Å². The first-order valence-corrected chi connectivity index (χ1v) is 5.17. The van der Waals surface area contributed by atoms with Gasteiger partial charge in [-0.3, -0.25) is 4.40 Å². The molecule has 1 aromatic carbocycles. The minimum Gasteiger partial charge on any atom is -0.286 e. The second-order valence-corrected chi connectivity index (χ2v) is 3.96. The van der Waals surface area contributed by atoms with Crippen molar-refractivity contribution in [1.29, 1.82) is 0 Å². The zero-order chi connectivity index (χ0) is 9.54. The van der Waals surface area contributed by atoms with Crippen molar-refractivity contribution in [3.63, 3.8) is 0 Å². The molecule has 0 fully saturated rings. The Morgan fingerprint density at radius 3 is 2.79 bits per heavy atom. The van der Waals surface area contributed by atoms with E-state index >= 15 is 0 Å². The molecule has 0 bridgehead atoms. The third-order valence-electron chi connectivity index (χ3n) is 2.28. The molecule has 0 aliphatic carbocycles.